The summed E-state index contributed by atoms with van der Waals surface area (Å²) >= 11 is 0. The Balaban J connectivity index is 1.13. The maximum absolute atomic E-state index is 13.1. The number of carbonyl (C=O) groups excluding carboxylic acids is 2. The third-order valence-corrected chi connectivity index (χ3v) is 7.73. The molecule has 0 bridgehead atoms. The fraction of sp³-hybridized carbons (Fsp3) is 0.444. The highest BCUT2D eigenvalue weighted by molar-refractivity contribution is 5.86. The first-order valence-corrected chi connectivity index (χ1v) is 12.2. The summed E-state index contributed by atoms with van der Waals surface area (Å²) in [5.74, 6) is -0.816. The molecule has 2 aromatic rings. The number of benzene rings is 2. The maximum Gasteiger partial charge on any atom is 0.407 e. The number of amides is 2. The lowest BCUT2D eigenvalue weighted by molar-refractivity contribution is -0.145. The van der Waals surface area contributed by atoms with Gasteiger partial charge in [0.1, 0.15) is 12.6 Å². The van der Waals surface area contributed by atoms with Gasteiger partial charge in [0.15, 0.2) is 0 Å². The Morgan fingerprint density at radius 3 is 2.11 bits per heavy atom. The van der Waals surface area contributed by atoms with Crippen molar-refractivity contribution in [1.29, 1.82) is 0 Å². The van der Waals surface area contributed by atoms with Crippen LogP contribution in [0.15, 0.2) is 48.5 Å². The number of alkyl carbamates (subject to hydrolysis) is 1. The van der Waals surface area contributed by atoms with Crippen LogP contribution in [0.1, 0.15) is 36.8 Å². The van der Waals surface area contributed by atoms with Crippen molar-refractivity contribution in [1.82, 2.24) is 15.1 Å². The average molecular weight is 478 g/mol. The third kappa shape index (κ3) is 4.50. The van der Waals surface area contributed by atoms with Crippen molar-refractivity contribution in [3.63, 3.8) is 0 Å². The second-order valence-electron chi connectivity index (χ2n) is 9.80. The number of nitrogens with one attached hydrogen (secondary N) is 1. The van der Waals surface area contributed by atoms with E-state index in [0.717, 1.165) is 24.0 Å². The number of fused-ring (bicyclic) bond motifs is 3. The molecule has 1 atom stereocenters. The van der Waals surface area contributed by atoms with Crippen LogP contribution in [0.4, 0.5) is 4.79 Å². The van der Waals surface area contributed by atoms with Crippen LogP contribution in [0.5, 0.6) is 0 Å². The zero-order chi connectivity index (χ0) is 24.6. The second kappa shape index (κ2) is 9.34. The molecule has 0 aromatic heterocycles. The fourth-order valence-corrected chi connectivity index (χ4v) is 5.31. The van der Waals surface area contributed by atoms with Gasteiger partial charge in [-0.15, -0.1) is 0 Å². The zero-order valence-corrected chi connectivity index (χ0v) is 19.9. The standard InChI is InChI=1S/C27H31N3O5/c1-18(24(31)32)29-12-14-30(15-13-29)25(33)27(10-11-27)17-28-26(34)35-16-23-21-8-4-2-6-19(21)20-7-3-5-9-22(20)23/h2-9,18,23H,10-17H2,1H3,(H,28,34)(H,31,32). The van der Waals surface area contributed by atoms with Gasteiger partial charge < -0.3 is 20.1 Å². The highest BCUT2D eigenvalue weighted by Gasteiger charge is 2.52. The number of hydrogen-bond acceptors (Lipinski definition) is 5. The Kier molecular flexibility index (Phi) is 6.23. The van der Waals surface area contributed by atoms with Crippen molar-refractivity contribution >= 4 is 18.0 Å². The van der Waals surface area contributed by atoms with Crippen molar-refractivity contribution in [2.75, 3.05) is 39.3 Å². The summed E-state index contributed by atoms with van der Waals surface area (Å²) in [4.78, 5) is 40.6. The Hall–Kier alpha value is -3.39. The predicted molar refractivity (Wildman–Crippen MR) is 130 cm³/mol. The number of carbonyl (C=O) groups is 3. The number of aliphatic carboxylic acids is 1. The van der Waals surface area contributed by atoms with E-state index >= 15 is 0 Å². The Morgan fingerprint density at radius 2 is 1.57 bits per heavy atom. The van der Waals surface area contributed by atoms with Gasteiger partial charge >= 0.3 is 12.1 Å². The first-order chi connectivity index (χ1) is 16.9. The van der Waals surface area contributed by atoms with Crippen LogP contribution in [0.3, 0.4) is 0 Å². The average Bonchev–Trinajstić information content (AvgIpc) is 3.62. The number of hydrogen-bond donors (Lipinski definition) is 2. The lowest BCUT2D eigenvalue weighted by Gasteiger charge is -2.38. The molecule has 2 N–H and O–H groups in total. The van der Waals surface area contributed by atoms with Crippen LogP contribution >= 0.6 is 0 Å². The summed E-state index contributed by atoms with van der Waals surface area (Å²) in [7, 11) is 0. The zero-order valence-electron chi connectivity index (χ0n) is 19.9. The number of rotatable bonds is 7. The molecule has 2 aromatic carbocycles. The second-order valence-corrected chi connectivity index (χ2v) is 9.80. The van der Waals surface area contributed by atoms with E-state index in [1.54, 1.807) is 11.8 Å². The van der Waals surface area contributed by atoms with Crippen LogP contribution in [0.2, 0.25) is 0 Å². The van der Waals surface area contributed by atoms with Gasteiger partial charge in [0.25, 0.3) is 0 Å². The van der Waals surface area contributed by atoms with Gasteiger partial charge in [0.2, 0.25) is 5.91 Å². The van der Waals surface area contributed by atoms with E-state index in [1.807, 2.05) is 29.2 Å². The molecule has 0 radical (unpaired) electrons. The Morgan fingerprint density at radius 1 is 1.00 bits per heavy atom. The summed E-state index contributed by atoms with van der Waals surface area (Å²) in [6, 6.07) is 15.8. The predicted octanol–water partition coefficient (Wildman–Crippen LogP) is 2.92. The molecule has 184 valence electrons. The number of carboxylic acid groups (broad SMARTS) is 1. The smallest absolute Gasteiger partial charge is 0.407 e. The molecule has 1 heterocycles. The molecule has 35 heavy (non-hydrogen) atoms. The molecule has 8 nitrogen and oxygen atoms in total. The van der Waals surface area contributed by atoms with Crippen molar-refractivity contribution in [3.8, 4) is 11.1 Å². The lowest BCUT2D eigenvalue weighted by Crippen LogP contribution is -2.55. The minimum absolute atomic E-state index is 0.00541. The number of nitrogens with zero attached hydrogens (tertiary/aromatic N) is 2. The van der Waals surface area contributed by atoms with E-state index in [2.05, 4.69) is 29.6 Å². The van der Waals surface area contributed by atoms with Crippen LogP contribution in [-0.2, 0) is 14.3 Å². The molecule has 1 unspecified atom stereocenters. The molecule has 0 spiro atoms. The first kappa shape index (κ1) is 23.4. The topological polar surface area (TPSA) is 99.2 Å². The van der Waals surface area contributed by atoms with Crippen LogP contribution in [-0.4, -0.2) is 78.2 Å². The molecule has 5 rings (SSSR count). The molecule has 1 saturated heterocycles. The number of ether oxygens (including phenoxy) is 1. The largest absolute Gasteiger partial charge is 0.480 e. The summed E-state index contributed by atoms with van der Waals surface area (Å²) < 4.78 is 5.61. The Labute approximate surface area is 204 Å². The van der Waals surface area contributed by atoms with Gasteiger partial charge in [0.05, 0.1) is 5.41 Å². The van der Waals surface area contributed by atoms with E-state index in [1.165, 1.54) is 11.1 Å². The maximum atomic E-state index is 13.1. The minimum atomic E-state index is -0.851. The van der Waals surface area contributed by atoms with Crippen molar-refractivity contribution < 1.29 is 24.2 Å². The molecule has 2 aliphatic carbocycles. The van der Waals surface area contributed by atoms with E-state index in [9.17, 15) is 19.5 Å². The summed E-state index contributed by atoms with van der Waals surface area (Å²) in [6.45, 7) is 4.25. The minimum Gasteiger partial charge on any atom is -0.480 e. The van der Waals surface area contributed by atoms with Gasteiger partial charge in [-0.25, -0.2) is 4.79 Å². The van der Waals surface area contributed by atoms with Gasteiger partial charge in [-0.2, -0.15) is 0 Å². The van der Waals surface area contributed by atoms with Crippen molar-refractivity contribution in [2.45, 2.75) is 31.7 Å². The number of piperazine rings is 1. The van der Waals surface area contributed by atoms with Crippen LogP contribution < -0.4 is 5.32 Å². The van der Waals surface area contributed by atoms with E-state index < -0.39 is 23.5 Å². The molecule has 1 saturated carbocycles. The molecule has 2 fully saturated rings. The first-order valence-electron chi connectivity index (χ1n) is 12.2. The highest BCUT2D eigenvalue weighted by atomic mass is 16.5. The van der Waals surface area contributed by atoms with Gasteiger partial charge in [-0.05, 0) is 42.0 Å². The van der Waals surface area contributed by atoms with Crippen LogP contribution in [0.25, 0.3) is 11.1 Å². The molecular weight excluding hydrogens is 446 g/mol. The highest BCUT2D eigenvalue weighted by Crippen LogP contribution is 2.47. The van der Waals surface area contributed by atoms with E-state index in [4.69, 9.17) is 4.74 Å². The summed E-state index contributed by atoms with van der Waals surface area (Å²) in [5.41, 5.74) is 4.11. The van der Waals surface area contributed by atoms with Gasteiger partial charge in [-0.3, -0.25) is 14.5 Å². The van der Waals surface area contributed by atoms with Crippen LogP contribution in [0, 0.1) is 5.41 Å². The van der Waals surface area contributed by atoms with E-state index in [0.29, 0.717) is 26.2 Å². The molecule has 1 aliphatic heterocycles. The van der Waals surface area contributed by atoms with Gasteiger partial charge in [0, 0.05) is 38.6 Å². The third-order valence-electron chi connectivity index (χ3n) is 7.73. The summed E-state index contributed by atoms with van der Waals surface area (Å²) in [5, 5.41) is 12.0. The molecular formula is C27H31N3O5. The Bertz CT molecular complexity index is 1090. The number of carboxylic acids is 1. The van der Waals surface area contributed by atoms with E-state index in [-0.39, 0.29) is 25.0 Å². The monoisotopic (exact) mass is 477 g/mol. The van der Waals surface area contributed by atoms with Crippen molar-refractivity contribution in [3.05, 3.63) is 59.7 Å². The molecule has 3 aliphatic rings. The quantitative estimate of drug-likeness (QED) is 0.636. The summed E-state index contributed by atoms with van der Waals surface area (Å²) in [6.07, 6.45) is 0.966. The molecule has 2 amide bonds. The lowest BCUT2D eigenvalue weighted by atomic mass is 9.98. The molecule has 8 heteroatoms. The normalized spacial score (nSPS) is 19.4. The van der Waals surface area contributed by atoms with Crippen molar-refractivity contribution in [2.24, 2.45) is 5.41 Å². The van der Waals surface area contributed by atoms with Gasteiger partial charge in [-0.1, -0.05) is 48.5 Å². The SMILES string of the molecule is CC(C(=O)O)N1CCN(C(=O)C2(CNC(=O)OCC3c4ccccc4-c4ccccc43)CC2)CC1. The fourth-order valence-electron chi connectivity index (χ4n) is 5.31.